The van der Waals surface area contributed by atoms with Gasteiger partial charge in [0.2, 0.25) is 0 Å². The minimum atomic E-state index is -1.98. The topological polar surface area (TPSA) is 37.3 Å². The fourth-order valence-electron chi connectivity index (χ4n) is 2.98. The van der Waals surface area contributed by atoms with Crippen molar-refractivity contribution >= 4 is 5.97 Å². The highest BCUT2D eigenvalue weighted by Crippen LogP contribution is 2.93. The maximum absolute atomic E-state index is 10.8. The molecule has 0 atom stereocenters. The third kappa shape index (κ3) is 0.501. The van der Waals surface area contributed by atoms with Gasteiger partial charge in [0.05, 0.1) is 0 Å². The van der Waals surface area contributed by atoms with E-state index >= 15 is 0 Å². The highest BCUT2D eigenvalue weighted by atomic mass is 16.4. The van der Waals surface area contributed by atoms with E-state index in [-0.39, 0.29) is 16.7 Å². The maximum Gasteiger partial charge on any atom is 0.303 e. The van der Waals surface area contributed by atoms with Crippen LogP contribution in [0.2, 0.25) is 0 Å². The van der Waals surface area contributed by atoms with Crippen molar-refractivity contribution in [3.05, 3.63) is 0 Å². The molecular weight excluding hydrogens is 140 g/mol. The summed E-state index contributed by atoms with van der Waals surface area (Å²) in [4.78, 5) is 10.8. The quantitative estimate of drug-likeness (QED) is 0.656. The van der Waals surface area contributed by atoms with Crippen molar-refractivity contribution in [1.82, 2.24) is 0 Å². The van der Waals surface area contributed by atoms with Gasteiger partial charge in [-0.15, -0.1) is 0 Å². The van der Waals surface area contributed by atoms with E-state index in [1.807, 2.05) is 0 Å². The molecule has 2 heteroatoms. The fraction of sp³-hybridized carbons (Fsp3) is 0.889. The van der Waals surface area contributed by atoms with Crippen LogP contribution in [-0.4, -0.2) is 11.1 Å². The van der Waals surface area contributed by atoms with E-state index in [0.29, 0.717) is 0 Å². The minimum absolute atomic E-state index is 0.134. The number of rotatable bonds is 2. The zero-order valence-electron chi connectivity index (χ0n) is 8.26. The van der Waals surface area contributed by atoms with Gasteiger partial charge in [-0.3, -0.25) is 4.79 Å². The number of carboxylic acid groups (broad SMARTS) is 1. The van der Waals surface area contributed by atoms with Crippen LogP contribution >= 0.6 is 0 Å². The molecule has 0 aromatic carbocycles. The largest absolute Gasteiger partial charge is 0.481 e. The van der Waals surface area contributed by atoms with Gasteiger partial charge in [-0.1, -0.05) is 0 Å². The summed E-state index contributed by atoms with van der Waals surface area (Å²) in [6.07, 6.45) is 2.26. The summed E-state index contributed by atoms with van der Waals surface area (Å²) in [5.74, 6) is -1.45. The summed E-state index contributed by atoms with van der Waals surface area (Å²) >= 11 is 0. The average Bonchev–Trinajstić information content (AvgIpc) is 2.82. The van der Waals surface area contributed by atoms with Crippen molar-refractivity contribution in [2.24, 2.45) is 16.7 Å². The first kappa shape index (κ1) is 4.48. The normalized spacial score (nSPS) is 43.1. The molecule has 3 fully saturated rings. The third-order valence-electron chi connectivity index (χ3n) is 3.86. The van der Waals surface area contributed by atoms with Crippen molar-refractivity contribution < 1.29 is 12.6 Å². The molecule has 0 aromatic heterocycles. The maximum atomic E-state index is 10.8. The van der Waals surface area contributed by atoms with E-state index < -0.39 is 12.3 Å². The van der Waals surface area contributed by atoms with Crippen LogP contribution in [0.15, 0.2) is 0 Å². The van der Waals surface area contributed by atoms with Gasteiger partial charge in [-0.2, -0.15) is 0 Å². The van der Waals surface area contributed by atoms with Gasteiger partial charge in [-0.25, -0.2) is 0 Å². The predicted octanol–water partition coefficient (Wildman–Crippen LogP) is 1.65. The van der Waals surface area contributed by atoms with Gasteiger partial charge >= 0.3 is 5.97 Å². The van der Waals surface area contributed by atoms with Crippen molar-refractivity contribution in [2.45, 2.75) is 32.1 Å². The smallest absolute Gasteiger partial charge is 0.303 e. The molecule has 11 heavy (non-hydrogen) atoms. The van der Waals surface area contributed by atoms with Crippen LogP contribution in [0, 0.1) is 16.7 Å². The first-order valence-electron chi connectivity index (χ1n) is 5.21. The minimum Gasteiger partial charge on any atom is -0.481 e. The van der Waals surface area contributed by atoms with Crippen LogP contribution in [0.3, 0.4) is 0 Å². The Labute approximate surface area is 68.4 Å². The Kier molecular flexibility index (Phi) is 0.549. The summed E-state index contributed by atoms with van der Waals surface area (Å²) in [6.45, 7) is 0. The monoisotopic (exact) mass is 154 g/mol. The van der Waals surface area contributed by atoms with Gasteiger partial charge in [0.1, 0.15) is 0 Å². The molecule has 0 radical (unpaired) electrons. The molecule has 0 amide bonds. The molecule has 0 heterocycles. The van der Waals surface area contributed by atoms with Crippen LogP contribution in [0.1, 0.15) is 34.8 Å². The number of carboxylic acids is 1. The lowest BCUT2D eigenvalue weighted by Crippen LogP contribution is -1.97. The first-order valence-corrected chi connectivity index (χ1v) is 4.21. The summed E-state index contributed by atoms with van der Waals surface area (Å²) in [6, 6.07) is 0. The molecule has 3 saturated carbocycles. The summed E-state index contributed by atoms with van der Waals surface area (Å²) in [7, 11) is 0. The number of hydrogen-bond donors (Lipinski definition) is 1. The van der Waals surface area contributed by atoms with Gasteiger partial charge in [-0.05, 0) is 42.4 Å². The van der Waals surface area contributed by atoms with Crippen molar-refractivity contribution in [3.63, 3.8) is 0 Å². The van der Waals surface area contributed by atoms with E-state index in [4.69, 9.17) is 7.85 Å². The molecule has 60 valence electrons. The van der Waals surface area contributed by atoms with Gasteiger partial charge in [0.25, 0.3) is 0 Å². The Balaban J connectivity index is 1.92. The molecule has 0 unspecified atom stereocenters. The molecule has 0 aliphatic heterocycles. The van der Waals surface area contributed by atoms with Crippen LogP contribution in [0.25, 0.3) is 0 Å². The highest BCUT2D eigenvalue weighted by molar-refractivity contribution is 5.69. The van der Waals surface area contributed by atoms with E-state index in [2.05, 4.69) is 0 Å². The summed E-state index contributed by atoms with van der Waals surface area (Å²) in [5.41, 5.74) is 0.268. The molecule has 0 bridgehead atoms. The average molecular weight is 154 g/mol. The van der Waals surface area contributed by atoms with Crippen LogP contribution in [0.4, 0.5) is 0 Å². The van der Waals surface area contributed by atoms with Crippen LogP contribution in [0.5, 0.6) is 0 Å². The van der Waals surface area contributed by atoms with E-state index in [9.17, 15) is 4.79 Å². The van der Waals surface area contributed by atoms with E-state index in [0.717, 1.165) is 25.7 Å². The molecule has 3 aliphatic carbocycles. The fourth-order valence-corrected chi connectivity index (χ4v) is 2.98. The van der Waals surface area contributed by atoms with Crippen LogP contribution in [-0.2, 0) is 4.79 Å². The lowest BCUT2D eigenvalue weighted by Gasteiger charge is -1.88. The molecule has 3 rings (SSSR count). The predicted molar refractivity (Wildman–Crippen MR) is 39.1 cm³/mol. The van der Waals surface area contributed by atoms with Gasteiger partial charge in [0.15, 0.2) is 0 Å². The Bertz CT molecular complexity index is 285. The molecule has 3 aliphatic rings. The summed E-state index contributed by atoms with van der Waals surface area (Å²) < 4.78 is 15.1. The van der Waals surface area contributed by atoms with Gasteiger partial charge < -0.3 is 5.11 Å². The first-order chi connectivity index (χ1) is 5.97. The molecular formula is C9H12O2. The number of hydrogen-bond acceptors (Lipinski definition) is 1. The van der Waals surface area contributed by atoms with E-state index in [1.54, 1.807) is 0 Å². The second kappa shape index (κ2) is 1.35. The molecule has 2 nitrogen and oxygen atoms in total. The standard InChI is InChI=1S/C9H12O2/c10-7(11)5-6-8(1-2-8)9(6)3-4-9/h6H,1-5H2,(H,10,11)/i5D2. The Morgan fingerprint density at radius 2 is 1.91 bits per heavy atom. The molecule has 0 saturated heterocycles. The highest BCUT2D eigenvalue weighted by Gasteiger charge is 2.86. The molecule has 2 spiro atoms. The van der Waals surface area contributed by atoms with Crippen LogP contribution < -0.4 is 0 Å². The number of fused-ring (bicyclic) bond motifs is 1. The summed E-state index contributed by atoms with van der Waals surface area (Å²) in [5, 5.41) is 8.80. The second-order valence-corrected chi connectivity index (χ2v) is 4.19. The Morgan fingerprint density at radius 3 is 2.18 bits per heavy atom. The third-order valence-corrected chi connectivity index (χ3v) is 3.86. The van der Waals surface area contributed by atoms with Gasteiger partial charge in [0, 0.05) is 9.11 Å². The zero-order valence-corrected chi connectivity index (χ0v) is 6.26. The Hall–Kier alpha value is -0.530. The number of aliphatic carboxylic acids is 1. The van der Waals surface area contributed by atoms with Crippen molar-refractivity contribution in [2.75, 3.05) is 0 Å². The zero-order chi connectivity index (χ0) is 9.48. The Morgan fingerprint density at radius 1 is 1.45 bits per heavy atom. The van der Waals surface area contributed by atoms with E-state index in [1.165, 1.54) is 0 Å². The van der Waals surface area contributed by atoms with Crippen molar-refractivity contribution in [3.8, 4) is 0 Å². The van der Waals surface area contributed by atoms with Crippen molar-refractivity contribution in [1.29, 1.82) is 0 Å². The SMILES string of the molecule is [2H]C([2H])(C(=O)O)C1C2(CC2)C12CC2. The lowest BCUT2D eigenvalue weighted by atomic mass is 10.2. The lowest BCUT2D eigenvalue weighted by molar-refractivity contribution is -0.137. The second-order valence-electron chi connectivity index (χ2n) is 4.19. The molecule has 1 N–H and O–H groups in total. The number of carbonyl (C=O) groups is 1. The molecule has 0 aromatic rings.